The van der Waals surface area contributed by atoms with Gasteiger partial charge in [-0.05, 0) is 38.6 Å². The van der Waals surface area contributed by atoms with E-state index in [1.165, 1.54) is 6.42 Å². The van der Waals surface area contributed by atoms with Gasteiger partial charge < -0.3 is 15.7 Å². The molecule has 0 heterocycles. The summed E-state index contributed by atoms with van der Waals surface area (Å²) in [4.78, 5) is 23.1. The smallest absolute Gasteiger partial charge is 0.305 e. The van der Waals surface area contributed by atoms with Crippen LogP contribution in [0.25, 0.3) is 0 Å². The molecule has 1 atom stereocenters. The molecule has 0 aromatic heterocycles. The van der Waals surface area contributed by atoms with E-state index in [1.807, 2.05) is 7.05 Å². The van der Waals surface area contributed by atoms with Crippen molar-refractivity contribution in [1.29, 1.82) is 0 Å². The minimum atomic E-state index is -0.830. The van der Waals surface area contributed by atoms with Crippen LogP contribution in [-0.4, -0.2) is 35.6 Å². The first-order chi connectivity index (χ1) is 9.54. The van der Waals surface area contributed by atoms with Crippen molar-refractivity contribution in [2.24, 2.45) is 5.92 Å². The molecule has 0 aromatic rings. The summed E-state index contributed by atoms with van der Waals surface area (Å²) in [6.45, 7) is 0. The zero-order valence-corrected chi connectivity index (χ0v) is 12.3. The zero-order valence-electron chi connectivity index (χ0n) is 12.3. The molecule has 2 aliphatic rings. The normalized spacial score (nSPS) is 23.1. The van der Waals surface area contributed by atoms with Crippen molar-refractivity contribution in [3.05, 3.63) is 0 Å². The summed E-state index contributed by atoms with van der Waals surface area (Å²) in [5.41, 5.74) is -0.0837. The molecular weight excluding hydrogens is 256 g/mol. The van der Waals surface area contributed by atoms with Crippen molar-refractivity contribution in [3.8, 4) is 0 Å². The predicted octanol–water partition coefficient (Wildman–Crippen LogP) is 1.67. The number of rotatable bonds is 7. The Morgan fingerprint density at radius 2 is 1.90 bits per heavy atom. The molecule has 2 fully saturated rings. The zero-order chi connectivity index (χ0) is 14.6. The van der Waals surface area contributed by atoms with Crippen molar-refractivity contribution >= 4 is 11.9 Å². The Balaban J connectivity index is 1.87. The molecule has 5 heteroatoms. The highest BCUT2D eigenvalue weighted by atomic mass is 16.4. The second kappa shape index (κ2) is 6.57. The van der Waals surface area contributed by atoms with E-state index in [1.54, 1.807) is 0 Å². The molecule has 0 saturated heterocycles. The molecule has 0 aliphatic heterocycles. The van der Waals surface area contributed by atoms with Gasteiger partial charge in [0.1, 0.15) is 0 Å². The Hall–Kier alpha value is -1.10. The number of carboxylic acid groups (broad SMARTS) is 1. The van der Waals surface area contributed by atoms with Gasteiger partial charge >= 0.3 is 5.97 Å². The molecule has 5 nitrogen and oxygen atoms in total. The summed E-state index contributed by atoms with van der Waals surface area (Å²) in [6, 6.07) is -0.183. The fourth-order valence-corrected chi connectivity index (χ4v) is 3.33. The molecule has 2 saturated carbocycles. The molecule has 20 heavy (non-hydrogen) atoms. The molecule has 3 N–H and O–H groups in total. The average Bonchev–Trinajstić information content (AvgIpc) is 3.22. The minimum absolute atomic E-state index is 0.000556. The van der Waals surface area contributed by atoms with Gasteiger partial charge in [-0.1, -0.05) is 19.3 Å². The van der Waals surface area contributed by atoms with Gasteiger partial charge in [0.15, 0.2) is 0 Å². The van der Waals surface area contributed by atoms with E-state index in [0.29, 0.717) is 12.3 Å². The lowest BCUT2D eigenvalue weighted by atomic mass is 9.79. The maximum absolute atomic E-state index is 12.3. The van der Waals surface area contributed by atoms with Crippen LogP contribution in [-0.2, 0) is 9.59 Å². The van der Waals surface area contributed by atoms with E-state index in [0.717, 1.165) is 38.5 Å². The summed E-state index contributed by atoms with van der Waals surface area (Å²) in [5, 5.41) is 15.2. The first-order valence-corrected chi connectivity index (χ1v) is 7.75. The lowest BCUT2D eigenvalue weighted by Gasteiger charge is -2.37. The van der Waals surface area contributed by atoms with E-state index in [4.69, 9.17) is 5.11 Å². The average molecular weight is 282 g/mol. The molecule has 2 aliphatic carbocycles. The van der Waals surface area contributed by atoms with Crippen molar-refractivity contribution in [2.75, 3.05) is 7.05 Å². The Morgan fingerprint density at radius 3 is 2.40 bits per heavy atom. The second-order valence-electron chi connectivity index (χ2n) is 6.38. The van der Waals surface area contributed by atoms with Gasteiger partial charge in [-0.15, -0.1) is 0 Å². The van der Waals surface area contributed by atoms with E-state index in [2.05, 4.69) is 10.6 Å². The van der Waals surface area contributed by atoms with Crippen LogP contribution in [0.15, 0.2) is 0 Å². The van der Waals surface area contributed by atoms with Crippen LogP contribution in [0, 0.1) is 5.92 Å². The van der Waals surface area contributed by atoms with Crippen molar-refractivity contribution < 1.29 is 14.7 Å². The van der Waals surface area contributed by atoms with Crippen LogP contribution in [0.2, 0.25) is 0 Å². The van der Waals surface area contributed by atoms with Crippen molar-refractivity contribution in [2.45, 2.75) is 69.4 Å². The van der Waals surface area contributed by atoms with Gasteiger partial charge in [-0.2, -0.15) is 0 Å². The molecule has 0 bridgehead atoms. The first-order valence-electron chi connectivity index (χ1n) is 7.75. The largest absolute Gasteiger partial charge is 0.481 e. The summed E-state index contributed by atoms with van der Waals surface area (Å²) < 4.78 is 0. The van der Waals surface area contributed by atoms with Crippen LogP contribution in [0.4, 0.5) is 0 Å². The highest BCUT2D eigenvalue weighted by molar-refractivity contribution is 5.78. The number of nitrogens with one attached hydrogen (secondary N) is 2. The van der Waals surface area contributed by atoms with Crippen LogP contribution >= 0.6 is 0 Å². The van der Waals surface area contributed by atoms with E-state index in [-0.39, 0.29) is 23.9 Å². The lowest BCUT2D eigenvalue weighted by Crippen LogP contribution is -2.50. The van der Waals surface area contributed by atoms with Crippen molar-refractivity contribution in [3.63, 3.8) is 0 Å². The molecular formula is C15H26N2O3. The van der Waals surface area contributed by atoms with Crippen LogP contribution in [0.1, 0.15) is 57.8 Å². The number of carbonyl (C=O) groups is 2. The maximum Gasteiger partial charge on any atom is 0.305 e. The van der Waals surface area contributed by atoms with Crippen molar-refractivity contribution in [1.82, 2.24) is 10.6 Å². The Bertz CT molecular complexity index is 360. The third kappa shape index (κ3) is 4.20. The first kappa shape index (κ1) is 15.3. The summed E-state index contributed by atoms with van der Waals surface area (Å²) in [6.07, 6.45) is 8.22. The number of carbonyl (C=O) groups excluding carboxylic acids is 1. The quantitative estimate of drug-likeness (QED) is 0.663. The van der Waals surface area contributed by atoms with Crippen LogP contribution in [0.5, 0.6) is 0 Å². The molecule has 114 valence electrons. The third-order valence-corrected chi connectivity index (χ3v) is 4.77. The molecule has 0 spiro atoms. The number of hydrogen-bond acceptors (Lipinski definition) is 3. The standard InChI is InChI=1S/C15H26N2O3/c1-16-15(7-3-2-4-8-15)10-13(18)17-12(9-14(19)20)11-5-6-11/h11-12,16H,2-10H2,1H3,(H,17,18)(H,19,20). The van der Waals surface area contributed by atoms with Gasteiger partial charge in [0.2, 0.25) is 5.91 Å². The number of aliphatic carboxylic acids is 1. The number of amides is 1. The van der Waals surface area contributed by atoms with E-state index >= 15 is 0 Å². The highest BCUT2D eigenvalue weighted by Crippen LogP contribution is 2.35. The van der Waals surface area contributed by atoms with Crippen LogP contribution in [0.3, 0.4) is 0 Å². The van der Waals surface area contributed by atoms with E-state index < -0.39 is 5.97 Å². The Morgan fingerprint density at radius 1 is 1.25 bits per heavy atom. The Kier molecular flexibility index (Phi) is 5.02. The molecule has 2 rings (SSSR count). The summed E-state index contributed by atoms with van der Waals surface area (Å²) in [7, 11) is 1.92. The Labute approximate surface area is 120 Å². The monoisotopic (exact) mass is 282 g/mol. The summed E-state index contributed by atoms with van der Waals surface area (Å²) >= 11 is 0. The minimum Gasteiger partial charge on any atom is -0.481 e. The van der Waals surface area contributed by atoms with Gasteiger partial charge in [0, 0.05) is 18.0 Å². The fourth-order valence-electron chi connectivity index (χ4n) is 3.33. The molecule has 0 radical (unpaired) electrons. The second-order valence-corrected chi connectivity index (χ2v) is 6.38. The van der Waals surface area contributed by atoms with Gasteiger partial charge in [-0.25, -0.2) is 0 Å². The summed E-state index contributed by atoms with van der Waals surface area (Å²) in [5.74, 6) is -0.463. The highest BCUT2D eigenvalue weighted by Gasteiger charge is 2.36. The number of carboxylic acids is 1. The fraction of sp³-hybridized carbons (Fsp3) is 0.867. The topological polar surface area (TPSA) is 78.4 Å². The van der Waals surface area contributed by atoms with Gasteiger partial charge in [0.05, 0.1) is 6.42 Å². The number of hydrogen-bond donors (Lipinski definition) is 3. The lowest BCUT2D eigenvalue weighted by molar-refractivity contribution is -0.138. The van der Waals surface area contributed by atoms with Gasteiger partial charge in [0.25, 0.3) is 0 Å². The van der Waals surface area contributed by atoms with Crippen LogP contribution < -0.4 is 10.6 Å². The maximum atomic E-state index is 12.3. The third-order valence-electron chi connectivity index (χ3n) is 4.77. The molecule has 0 aromatic carbocycles. The van der Waals surface area contributed by atoms with Gasteiger partial charge in [-0.3, -0.25) is 9.59 Å². The molecule has 1 unspecified atom stereocenters. The van der Waals surface area contributed by atoms with E-state index in [9.17, 15) is 9.59 Å². The SMILES string of the molecule is CNC1(CC(=O)NC(CC(=O)O)C2CC2)CCCCC1. The molecule has 1 amide bonds. The predicted molar refractivity (Wildman–Crippen MR) is 76.4 cm³/mol.